The number of rotatable bonds is 1. The van der Waals surface area contributed by atoms with Crippen molar-refractivity contribution in [2.75, 3.05) is 6.79 Å². The highest BCUT2D eigenvalue weighted by Gasteiger charge is 2.14. The molecule has 5 heteroatoms. The summed E-state index contributed by atoms with van der Waals surface area (Å²) in [6.07, 6.45) is 0. The Labute approximate surface area is 71.4 Å². The van der Waals surface area contributed by atoms with Gasteiger partial charge in [-0.2, -0.15) is 0 Å². The summed E-state index contributed by atoms with van der Waals surface area (Å²) >= 11 is -1.96. The van der Waals surface area contributed by atoms with Gasteiger partial charge in [-0.15, -0.1) is 0 Å². The molecule has 12 heavy (non-hydrogen) atoms. The van der Waals surface area contributed by atoms with Crippen LogP contribution in [0.2, 0.25) is 0 Å². The van der Waals surface area contributed by atoms with Gasteiger partial charge in [0, 0.05) is 6.07 Å². The molecular weight excluding hydrogens is 180 g/mol. The predicted octanol–water partition coefficient (Wildman–Crippen LogP) is 0.996. The average Bonchev–Trinajstić information content (AvgIpc) is 2.49. The Hall–Kier alpha value is -1.07. The van der Waals surface area contributed by atoms with E-state index in [-0.39, 0.29) is 6.79 Å². The molecule has 1 aliphatic rings. The highest BCUT2D eigenvalue weighted by atomic mass is 32.2. The molecule has 2 rings (SSSR count). The van der Waals surface area contributed by atoms with Gasteiger partial charge in [-0.25, -0.2) is 4.21 Å². The maximum atomic E-state index is 10.6. The molecule has 0 aliphatic carbocycles. The Morgan fingerprint density at radius 1 is 1.33 bits per heavy atom. The third kappa shape index (κ3) is 1.17. The highest BCUT2D eigenvalue weighted by molar-refractivity contribution is 7.79. The molecule has 1 aliphatic heterocycles. The molecule has 1 aromatic rings. The number of fused-ring (bicyclic) bond motifs is 1. The average molecular weight is 186 g/mol. The number of ether oxygens (including phenoxy) is 2. The minimum Gasteiger partial charge on any atom is -0.454 e. The van der Waals surface area contributed by atoms with Gasteiger partial charge in [-0.05, 0) is 12.1 Å². The van der Waals surface area contributed by atoms with Crippen LogP contribution in [0.3, 0.4) is 0 Å². The van der Waals surface area contributed by atoms with Crippen molar-refractivity contribution in [3.8, 4) is 11.5 Å². The van der Waals surface area contributed by atoms with Crippen LogP contribution < -0.4 is 9.47 Å². The van der Waals surface area contributed by atoms with Gasteiger partial charge in [0.25, 0.3) is 0 Å². The van der Waals surface area contributed by atoms with E-state index in [4.69, 9.17) is 14.0 Å². The summed E-state index contributed by atoms with van der Waals surface area (Å²) in [6, 6.07) is 4.65. The van der Waals surface area contributed by atoms with Crippen LogP contribution in [0.15, 0.2) is 23.1 Å². The van der Waals surface area contributed by atoms with E-state index < -0.39 is 11.1 Å². The highest BCUT2D eigenvalue weighted by Crippen LogP contribution is 2.33. The zero-order valence-electron chi connectivity index (χ0n) is 6.02. The molecule has 0 amide bonds. The third-order valence-corrected chi connectivity index (χ3v) is 2.20. The largest absolute Gasteiger partial charge is 0.454 e. The molecule has 1 N–H and O–H groups in total. The Morgan fingerprint density at radius 2 is 2.08 bits per heavy atom. The lowest BCUT2D eigenvalue weighted by Crippen LogP contribution is -1.93. The molecule has 1 atom stereocenters. The van der Waals surface area contributed by atoms with Crippen LogP contribution in [0.4, 0.5) is 0 Å². The van der Waals surface area contributed by atoms with E-state index in [0.29, 0.717) is 16.4 Å². The van der Waals surface area contributed by atoms with Crippen LogP contribution in [0.5, 0.6) is 11.5 Å². The van der Waals surface area contributed by atoms with Crippen molar-refractivity contribution in [1.29, 1.82) is 0 Å². The van der Waals surface area contributed by atoms with Crippen LogP contribution in [-0.4, -0.2) is 15.6 Å². The molecule has 0 saturated heterocycles. The van der Waals surface area contributed by atoms with Crippen molar-refractivity contribution in [2.45, 2.75) is 4.90 Å². The van der Waals surface area contributed by atoms with Crippen molar-refractivity contribution in [3.63, 3.8) is 0 Å². The number of hydrogen-bond donors (Lipinski definition) is 1. The molecule has 0 saturated carbocycles. The first-order chi connectivity index (χ1) is 5.77. The second-order valence-corrected chi connectivity index (χ2v) is 3.23. The van der Waals surface area contributed by atoms with Crippen LogP contribution >= 0.6 is 0 Å². The lowest BCUT2D eigenvalue weighted by atomic mass is 10.3. The molecule has 0 aromatic heterocycles. The zero-order valence-corrected chi connectivity index (χ0v) is 6.84. The fourth-order valence-corrected chi connectivity index (χ4v) is 1.38. The van der Waals surface area contributed by atoms with E-state index in [0.717, 1.165) is 0 Å². The minimum atomic E-state index is -1.96. The Kier molecular flexibility index (Phi) is 1.74. The summed E-state index contributed by atoms with van der Waals surface area (Å²) in [5.74, 6) is 1.14. The molecule has 1 aromatic carbocycles. The third-order valence-electron chi connectivity index (χ3n) is 1.55. The first-order valence-corrected chi connectivity index (χ1v) is 4.38. The van der Waals surface area contributed by atoms with E-state index in [1.165, 1.54) is 12.1 Å². The fourth-order valence-electron chi connectivity index (χ4n) is 0.985. The van der Waals surface area contributed by atoms with E-state index in [1.807, 2.05) is 0 Å². The number of hydrogen-bond acceptors (Lipinski definition) is 3. The van der Waals surface area contributed by atoms with Gasteiger partial charge in [0.1, 0.15) is 0 Å². The molecular formula is C7H6O4S. The Morgan fingerprint density at radius 3 is 2.83 bits per heavy atom. The Balaban J connectivity index is 2.45. The quantitative estimate of drug-likeness (QED) is 0.664. The molecule has 4 nitrogen and oxygen atoms in total. The second kappa shape index (κ2) is 2.76. The van der Waals surface area contributed by atoms with E-state index in [2.05, 4.69) is 0 Å². The van der Waals surface area contributed by atoms with Crippen molar-refractivity contribution in [3.05, 3.63) is 18.2 Å². The van der Waals surface area contributed by atoms with Crippen molar-refractivity contribution in [1.82, 2.24) is 0 Å². The number of benzene rings is 1. The van der Waals surface area contributed by atoms with Crippen molar-refractivity contribution >= 4 is 11.1 Å². The molecule has 64 valence electrons. The topological polar surface area (TPSA) is 55.8 Å². The maximum Gasteiger partial charge on any atom is 0.231 e. The second-order valence-electron chi connectivity index (χ2n) is 2.26. The molecule has 0 radical (unpaired) electrons. The van der Waals surface area contributed by atoms with Crippen LogP contribution in [0.1, 0.15) is 0 Å². The van der Waals surface area contributed by atoms with Crippen LogP contribution in [-0.2, 0) is 11.1 Å². The van der Waals surface area contributed by atoms with Gasteiger partial charge in [0.2, 0.25) is 6.79 Å². The molecule has 1 heterocycles. The summed E-state index contributed by atoms with van der Waals surface area (Å²) in [4.78, 5) is 0.319. The van der Waals surface area contributed by atoms with Crippen molar-refractivity contribution < 1.29 is 18.2 Å². The summed E-state index contributed by atoms with van der Waals surface area (Å²) in [5, 5.41) is 0. The summed E-state index contributed by atoms with van der Waals surface area (Å²) < 4.78 is 29.4. The molecule has 0 spiro atoms. The summed E-state index contributed by atoms with van der Waals surface area (Å²) in [5.41, 5.74) is 0. The zero-order chi connectivity index (χ0) is 8.55. The lowest BCUT2D eigenvalue weighted by molar-refractivity contribution is 0.174. The molecule has 0 bridgehead atoms. The molecule has 1 unspecified atom stereocenters. The summed E-state index contributed by atoms with van der Waals surface area (Å²) in [6.45, 7) is 0.177. The first-order valence-electron chi connectivity index (χ1n) is 3.28. The Bertz CT molecular complexity index is 336. The van der Waals surface area contributed by atoms with Gasteiger partial charge in [-0.3, -0.25) is 0 Å². The molecule has 0 fully saturated rings. The normalized spacial score (nSPS) is 16.1. The van der Waals surface area contributed by atoms with E-state index in [9.17, 15) is 4.21 Å². The van der Waals surface area contributed by atoms with Gasteiger partial charge in [0.05, 0.1) is 4.90 Å². The maximum absolute atomic E-state index is 10.6. The van der Waals surface area contributed by atoms with Gasteiger partial charge >= 0.3 is 0 Å². The smallest absolute Gasteiger partial charge is 0.231 e. The van der Waals surface area contributed by atoms with Gasteiger partial charge in [0.15, 0.2) is 22.6 Å². The van der Waals surface area contributed by atoms with Crippen LogP contribution in [0.25, 0.3) is 0 Å². The van der Waals surface area contributed by atoms with Gasteiger partial charge < -0.3 is 14.0 Å². The monoisotopic (exact) mass is 186 g/mol. The lowest BCUT2D eigenvalue weighted by Gasteiger charge is -1.96. The first kappa shape index (κ1) is 7.57. The van der Waals surface area contributed by atoms with E-state index >= 15 is 0 Å². The summed E-state index contributed by atoms with van der Waals surface area (Å²) in [7, 11) is 0. The fraction of sp³-hybridized carbons (Fsp3) is 0.143. The predicted molar refractivity (Wildman–Crippen MR) is 41.6 cm³/mol. The van der Waals surface area contributed by atoms with E-state index in [1.54, 1.807) is 6.07 Å². The van der Waals surface area contributed by atoms with Gasteiger partial charge in [-0.1, -0.05) is 0 Å². The standard InChI is InChI=1S/C7H6O4S/c8-12(9)5-1-2-6-7(3-5)11-4-10-6/h1-3H,4H2,(H,8,9). The van der Waals surface area contributed by atoms with Crippen molar-refractivity contribution in [2.24, 2.45) is 0 Å². The SMILES string of the molecule is O=S(O)c1ccc2c(c1)OCO2. The minimum absolute atomic E-state index is 0.177. The van der Waals surface area contributed by atoms with Crippen LogP contribution in [0, 0.1) is 0 Å².